The summed E-state index contributed by atoms with van der Waals surface area (Å²) in [7, 11) is 0. The zero-order valence-corrected chi connectivity index (χ0v) is 9.07. The number of nitrogens with one attached hydrogen (secondary N) is 1. The summed E-state index contributed by atoms with van der Waals surface area (Å²) in [5.41, 5.74) is 1.40. The van der Waals surface area contributed by atoms with Crippen molar-refractivity contribution in [2.45, 2.75) is 25.3 Å². The minimum atomic E-state index is 0.521. The SMILES string of the molecule is Cl/C=C(/Cl)CNC1CCCOCC1. The number of ether oxygens (including phenoxy) is 1. The molecular weight excluding hydrogens is 209 g/mol. The minimum absolute atomic E-state index is 0.521. The van der Waals surface area contributed by atoms with Crippen molar-refractivity contribution in [3.63, 3.8) is 0 Å². The Hall–Kier alpha value is 0.240. The first kappa shape index (κ1) is 11.3. The van der Waals surface area contributed by atoms with Crippen LogP contribution >= 0.6 is 23.2 Å². The monoisotopic (exact) mass is 223 g/mol. The highest BCUT2D eigenvalue weighted by atomic mass is 35.5. The molecule has 76 valence electrons. The van der Waals surface area contributed by atoms with E-state index in [1.807, 2.05) is 0 Å². The van der Waals surface area contributed by atoms with Crippen LogP contribution in [-0.2, 0) is 4.74 Å². The van der Waals surface area contributed by atoms with Crippen molar-refractivity contribution >= 4 is 23.2 Å². The Morgan fingerprint density at radius 1 is 1.46 bits per heavy atom. The van der Waals surface area contributed by atoms with Crippen LogP contribution in [0.15, 0.2) is 10.6 Å². The molecule has 0 bridgehead atoms. The molecule has 1 atom stereocenters. The average Bonchev–Trinajstić information content (AvgIpc) is 2.42. The fourth-order valence-corrected chi connectivity index (χ4v) is 1.54. The molecule has 0 aliphatic carbocycles. The van der Waals surface area contributed by atoms with Crippen LogP contribution < -0.4 is 5.32 Å². The largest absolute Gasteiger partial charge is 0.381 e. The van der Waals surface area contributed by atoms with E-state index in [4.69, 9.17) is 27.9 Å². The summed E-state index contributed by atoms with van der Waals surface area (Å²) < 4.78 is 5.34. The van der Waals surface area contributed by atoms with Crippen molar-refractivity contribution in [2.75, 3.05) is 19.8 Å². The Labute approximate surface area is 89.2 Å². The van der Waals surface area contributed by atoms with Gasteiger partial charge in [0.05, 0.1) is 0 Å². The number of rotatable bonds is 3. The van der Waals surface area contributed by atoms with E-state index in [2.05, 4.69) is 5.32 Å². The maximum atomic E-state index is 5.76. The van der Waals surface area contributed by atoms with Gasteiger partial charge in [-0.05, 0) is 19.3 Å². The van der Waals surface area contributed by atoms with Gasteiger partial charge < -0.3 is 10.1 Å². The molecule has 0 aromatic carbocycles. The van der Waals surface area contributed by atoms with Crippen LogP contribution in [0, 0.1) is 0 Å². The molecule has 1 saturated heterocycles. The first-order valence-electron chi connectivity index (χ1n) is 4.59. The molecule has 0 spiro atoms. The summed E-state index contributed by atoms with van der Waals surface area (Å²) in [5, 5.41) is 4.01. The lowest BCUT2D eigenvalue weighted by Gasteiger charge is -2.14. The second-order valence-corrected chi connectivity index (χ2v) is 3.88. The molecule has 4 heteroatoms. The van der Waals surface area contributed by atoms with Crippen LogP contribution in [0.1, 0.15) is 19.3 Å². The summed E-state index contributed by atoms with van der Waals surface area (Å²) in [5.74, 6) is 0. The van der Waals surface area contributed by atoms with Gasteiger partial charge in [-0.25, -0.2) is 0 Å². The lowest BCUT2D eigenvalue weighted by Crippen LogP contribution is -2.30. The molecule has 1 aliphatic heterocycles. The third-order valence-electron chi connectivity index (χ3n) is 2.13. The Kier molecular flexibility index (Phi) is 5.80. The molecule has 1 aliphatic rings. The van der Waals surface area contributed by atoms with Gasteiger partial charge in [-0.2, -0.15) is 0 Å². The van der Waals surface area contributed by atoms with Gasteiger partial charge in [-0.15, -0.1) is 0 Å². The van der Waals surface area contributed by atoms with Gasteiger partial charge in [0.2, 0.25) is 0 Å². The van der Waals surface area contributed by atoms with E-state index in [9.17, 15) is 0 Å². The van der Waals surface area contributed by atoms with Crippen LogP contribution in [0.4, 0.5) is 0 Å². The Bertz CT molecular complexity index is 165. The fourth-order valence-electron chi connectivity index (χ4n) is 1.39. The molecule has 1 N–H and O–H groups in total. The van der Waals surface area contributed by atoms with Crippen LogP contribution in [0.2, 0.25) is 0 Å². The molecule has 0 aromatic rings. The van der Waals surface area contributed by atoms with E-state index in [1.165, 1.54) is 5.54 Å². The van der Waals surface area contributed by atoms with Gasteiger partial charge in [0.1, 0.15) is 0 Å². The van der Waals surface area contributed by atoms with Crippen molar-refractivity contribution in [1.29, 1.82) is 0 Å². The van der Waals surface area contributed by atoms with Crippen LogP contribution in [0.25, 0.3) is 0 Å². The highest BCUT2D eigenvalue weighted by molar-refractivity contribution is 6.36. The zero-order chi connectivity index (χ0) is 9.52. The predicted molar refractivity (Wildman–Crippen MR) is 56.2 cm³/mol. The van der Waals surface area contributed by atoms with E-state index in [0.29, 0.717) is 17.6 Å². The molecular formula is C9H15Cl2NO. The van der Waals surface area contributed by atoms with Crippen molar-refractivity contribution in [1.82, 2.24) is 5.32 Å². The van der Waals surface area contributed by atoms with Crippen molar-refractivity contribution < 1.29 is 4.74 Å². The first-order chi connectivity index (χ1) is 6.33. The van der Waals surface area contributed by atoms with E-state index >= 15 is 0 Å². The summed E-state index contributed by atoms with van der Waals surface area (Å²) >= 11 is 11.2. The second-order valence-electron chi connectivity index (χ2n) is 3.18. The third kappa shape index (κ3) is 4.87. The average molecular weight is 224 g/mol. The molecule has 1 unspecified atom stereocenters. The fraction of sp³-hybridized carbons (Fsp3) is 0.778. The van der Waals surface area contributed by atoms with Crippen molar-refractivity contribution in [3.8, 4) is 0 Å². The van der Waals surface area contributed by atoms with E-state index in [1.54, 1.807) is 0 Å². The molecule has 1 heterocycles. The number of hydrogen-bond donors (Lipinski definition) is 1. The van der Waals surface area contributed by atoms with Crippen LogP contribution in [0.5, 0.6) is 0 Å². The molecule has 1 fully saturated rings. The van der Waals surface area contributed by atoms with Gasteiger partial charge in [-0.1, -0.05) is 23.2 Å². The third-order valence-corrected chi connectivity index (χ3v) is 2.75. The topological polar surface area (TPSA) is 21.3 Å². The molecule has 0 saturated carbocycles. The summed E-state index contributed by atoms with van der Waals surface area (Å²) in [6.07, 6.45) is 3.35. The molecule has 2 nitrogen and oxygen atoms in total. The highest BCUT2D eigenvalue weighted by Crippen LogP contribution is 2.09. The second kappa shape index (κ2) is 6.66. The normalized spacial score (nSPS) is 25.7. The van der Waals surface area contributed by atoms with E-state index in [0.717, 1.165) is 32.5 Å². The van der Waals surface area contributed by atoms with Crippen molar-refractivity contribution in [3.05, 3.63) is 10.6 Å². The summed E-state index contributed by atoms with van der Waals surface area (Å²) in [4.78, 5) is 0. The quantitative estimate of drug-likeness (QED) is 0.795. The van der Waals surface area contributed by atoms with Gasteiger partial charge >= 0.3 is 0 Å². The van der Waals surface area contributed by atoms with Gasteiger partial charge in [-0.3, -0.25) is 0 Å². The van der Waals surface area contributed by atoms with Gasteiger partial charge in [0, 0.05) is 36.4 Å². The maximum absolute atomic E-state index is 5.76. The Morgan fingerprint density at radius 3 is 3.08 bits per heavy atom. The van der Waals surface area contributed by atoms with Crippen LogP contribution in [-0.4, -0.2) is 25.8 Å². The maximum Gasteiger partial charge on any atom is 0.0480 e. The zero-order valence-electron chi connectivity index (χ0n) is 7.56. The Balaban J connectivity index is 2.19. The van der Waals surface area contributed by atoms with E-state index in [-0.39, 0.29) is 0 Å². The molecule has 0 aromatic heterocycles. The molecule has 13 heavy (non-hydrogen) atoms. The standard InChI is InChI=1S/C9H15Cl2NO/c10-6-8(11)7-12-9-2-1-4-13-5-3-9/h6,9,12H,1-5,7H2/b8-6+. The molecule has 1 rings (SSSR count). The van der Waals surface area contributed by atoms with Crippen LogP contribution in [0.3, 0.4) is 0 Å². The number of hydrogen-bond acceptors (Lipinski definition) is 2. The molecule has 0 amide bonds. The van der Waals surface area contributed by atoms with E-state index < -0.39 is 0 Å². The van der Waals surface area contributed by atoms with Gasteiger partial charge in [0.15, 0.2) is 0 Å². The number of halogens is 2. The van der Waals surface area contributed by atoms with Gasteiger partial charge in [0.25, 0.3) is 0 Å². The predicted octanol–water partition coefficient (Wildman–Crippen LogP) is 2.46. The smallest absolute Gasteiger partial charge is 0.0480 e. The highest BCUT2D eigenvalue weighted by Gasteiger charge is 2.11. The lowest BCUT2D eigenvalue weighted by atomic mass is 10.1. The summed E-state index contributed by atoms with van der Waals surface area (Å²) in [6.45, 7) is 2.40. The van der Waals surface area contributed by atoms with Crippen molar-refractivity contribution in [2.24, 2.45) is 0 Å². The lowest BCUT2D eigenvalue weighted by molar-refractivity contribution is 0.143. The minimum Gasteiger partial charge on any atom is -0.381 e. The summed E-state index contributed by atoms with van der Waals surface area (Å²) in [6, 6.07) is 0.521. The Morgan fingerprint density at radius 2 is 2.31 bits per heavy atom. The molecule has 0 radical (unpaired) electrons. The first-order valence-corrected chi connectivity index (χ1v) is 5.40.